The third-order valence-corrected chi connectivity index (χ3v) is 3.25. The summed E-state index contributed by atoms with van der Waals surface area (Å²) in [4.78, 5) is 11.6. The van der Waals surface area contributed by atoms with Gasteiger partial charge in [0, 0.05) is 0 Å². The van der Waals surface area contributed by atoms with E-state index in [1.54, 1.807) is 18.2 Å². The molecule has 0 unspecified atom stereocenters. The second-order valence-electron chi connectivity index (χ2n) is 5.03. The molecule has 0 amide bonds. The highest BCUT2D eigenvalue weighted by molar-refractivity contribution is 5.96. The molecule has 0 atom stereocenters. The Morgan fingerprint density at radius 1 is 1.10 bits per heavy atom. The Hall–Kier alpha value is -2.49. The quantitative estimate of drug-likeness (QED) is 0.682. The Bertz CT molecular complexity index is 633. The van der Waals surface area contributed by atoms with Crippen molar-refractivity contribution in [1.82, 2.24) is 0 Å². The normalized spacial score (nSPS) is 10.5. The number of carbonyl (C=O) groups is 1. The molecule has 2 N–H and O–H groups in total. The summed E-state index contributed by atoms with van der Waals surface area (Å²) < 4.78 is 10.4. The van der Waals surface area contributed by atoms with Crippen LogP contribution in [0.4, 0.5) is 5.69 Å². The van der Waals surface area contributed by atoms with Crippen LogP contribution < -0.4 is 10.5 Å². The molecule has 4 nitrogen and oxygen atoms in total. The van der Waals surface area contributed by atoms with Gasteiger partial charge in [0.1, 0.15) is 5.75 Å². The second-order valence-corrected chi connectivity index (χ2v) is 5.03. The van der Waals surface area contributed by atoms with Crippen LogP contribution in [0.1, 0.15) is 35.7 Å². The Kier molecular flexibility index (Phi) is 4.48. The summed E-state index contributed by atoms with van der Waals surface area (Å²) in [6, 6.07) is 12.8. The third-order valence-electron chi connectivity index (χ3n) is 3.25. The SMILES string of the molecule is COC(=O)c1cccc(Oc2ccc(C(C)C)cc2)c1N. The summed E-state index contributed by atoms with van der Waals surface area (Å²) >= 11 is 0. The van der Waals surface area contributed by atoms with Crippen LogP contribution in [-0.4, -0.2) is 13.1 Å². The lowest BCUT2D eigenvalue weighted by Crippen LogP contribution is -2.06. The molecule has 0 heterocycles. The number of carbonyl (C=O) groups excluding carboxylic acids is 1. The molecule has 0 fully saturated rings. The molecular formula is C17H19NO3. The van der Waals surface area contributed by atoms with Crippen molar-refractivity contribution in [1.29, 1.82) is 0 Å². The van der Waals surface area contributed by atoms with E-state index in [1.807, 2.05) is 24.3 Å². The highest BCUT2D eigenvalue weighted by Crippen LogP contribution is 2.31. The van der Waals surface area contributed by atoms with Crippen LogP contribution >= 0.6 is 0 Å². The molecule has 0 bridgehead atoms. The van der Waals surface area contributed by atoms with Crippen LogP contribution in [0.2, 0.25) is 0 Å². The third kappa shape index (κ3) is 3.34. The summed E-state index contributed by atoms with van der Waals surface area (Å²) in [6.45, 7) is 4.27. The van der Waals surface area contributed by atoms with E-state index in [9.17, 15) is 4.79 Å². The van der Waals surface area contributed by atoms with Crippen LogP contribution in [0.5, 0.6) is 11.5 Å². The Morgan fingerprint density at radius 2 is 1.76 bits per heavy atom. The lowest BCUT2D eigenvalue weighted by Gasteiger charge is -2.12. The van der Waals surface area contributed by atoms with E-state index in [2.05, 4.69) is 18.6 Å². The number of hydrogen-bond donors (Lipinski definition) is 1. The van der Waals surface area contributed by atoms with Crippen LogP contribution in [0.15, 0.2) is 42.5 Å². The number of para-hydroxylation sites is 1. The molecule has 21 heavy (non-hydrogen) atoms. The summed E-state index contributed by atoms with van der Waals surface area (Å²) in [5, 5.41) is 0. The van der Waals surface area contributed by atoms with E-state index in [-0.39, 0.29) is 5.69 Å². The van der Waals surface area contributed by atoms with Crippen molar-refractivity contribution in [3.63, 3.8) is 0 Å². The average molecular weight is 285 g/mol. The highest BCUT2D eigenvalue weighted by Gasteiger charge is 2.14. The molecular weight excluding hydrogens is 266 g/mol. The monoisotopic (exact) mass is 285 g/mol. The van der Waals surface area contributed by atoms with Gasteiger partial charge in [0.05, 0.1) is 18.4 Å². The summed E-state index contributed by atoms with van der Waals surface area (Å²) in [6.07, 6.45) is 0. The fourth-order valence-electron chi connectivity index (χ4n) is 1.97. The van der Waals surface area contributed by atoms with Gasteiger partial charge in [0.25, 0.3) is 0 Å². The van der Waals surface area contributed by atoms with E-state index >= 15 is 0 Å². The maximum Gasteiger partial charge on any atom is 0.340 e. The summed E-state index contributed by atoms with van der Waals surface area (Å²) in [5.74, 6) is 1.10. The zero-order valence-corrected chi connectivity index (χ0v) is 12.4. The second kappa shape index (κ2) is 6.31. The number of nitrogens with two attached hydrogens (primary N) is 1. The molecule has 0 aliphatic carbocycles. The van der Waals surface area contributed by atoms with Gasteiger partial charge in [-0.15, -0.1) is 0 Å². The lowest BCUT2D eigenvalue weighted by atomic mass is 10.0. The zero-order valence-electron chi connectivity index (χ0n) is 12.4. The van der Waals surface area contributed by atoms with Gasteiger partial charge < -0.3 is 15.2 Å². The number of hydrogen-bond acceptors (Lipinski definition) is 4. The van der Waals surface area contributed by atoms with Crippen LogP contribution in [0.3, 0.4) is 0 Å². The first-order chi connectivity index (χ1) is 10.0. The van der Waals surface area contributed by atoms with Crippen molar-refractivity contribution >= 4 is 11.7 Å². The molecule has 0 aliphatic heterocycles. The Morgan fingerprint density at radius 3 is 2.33 bits per heavy atom. The predicted molar refractivity (Wildman–Crippen MR) is 82.8 cm³/mol. The van der Waals surface area contributed by atoms with E-state index in [0.29, 0.717) is 23.0 Å². The highest BCUT2D eigenvalue weighted by atomic mass is 16.5. The van der Waals surface area contributed by atoms with Crippen LogP contribution in [-0.2, 0) is 4.74 Å². The first-order valence-corrected chi connectivity index (χ1v) is 6.77. The number of methoxy groups -OCH3 is 1. The molecule has 0 radical (unpaired) electrons. The molecule has 4 heteroatoms. The van der Waals surface area contributed by atoms with Crippen molar-refractivity contribution in [2.45, 2.75) is 19.8 Å². The van der Waals surface area contributed by atoms with Crippen molar-refractivity contribution in [3.05, 3.63) is 53.6 Å². The molecule has 0 saturated heterocycles. The van der Waals surface area contributed by atoms with E-state index < -0.39 is 5.97 Å². The van der Waals surface area contributed by atoms with Crippen molar-refractivity contribution in [2.24, 2.45) is 0 Å². The van der Waals surface area contributed by atoms with Gasteiger partial charge in [0.15, 0.2) is 5.75 Å². The fraction of sp³-hybridized carbons (Fsp3) is 0.235. The Labute approximate surface area is 124 Å². The number of benzene rings is 2. The van der Waals surface area contributed by atoms with Gasteiger partial charge in [-0.2, -0.15) is 0 Å². The van der Waals surface area contributed by atoms with Crippen molar-refractivity contribution in [3.8, 4) is 11.5 Å². The minimum absolute atomic E-state index is 0.275. The Balaban J connectivity index is 2.25. The van der Waals surface area contributed by atoms with Gasteiger partial charge in [0.2, 0.25) is 0 Å². The zero-order chi connectivity index (χ0) is 15.4. The number of nitrogen functional groups attached to an aromatic ring is 1. The molecule has 0 spiro atoms. The molecule has 2 rings (SSSR count). The predicted octanol–water partition coefficient (Wildman–Crippen LogP) is 3.97. The largest absolute Gasteiger partial charge is 0.465 e. The topological polar surface area (TPSA) is 61.5 Å². The molecule has 2 aromatic rings. The first kappa shape index (κ1) is 14.9. The van der Waals surface area contributed by atoms with Crippen LogP contribution in [0.25, 0.3) is 0 Å². The molecule has 0 aromatic heterocycles. The van der Waals surface area contributed by atoms with Crippen molar-refractivity contribution < 1.29 is 14.3 Å². The summed E-state index contributed by atoms with van der Waals surface area (Å²) in [7, 11) is 1.32. The van der Waals surface area contributed by atoms with Gasteiger partial charge in [-0.05, 0) is 35.7 Å². The molecule has 0 saturated carbocycles. The minimum Gasteiger partial charge on any atom is -0.465 e. The summed E-state index contributed by atoms with van der Waals surface area (Å²) in [5.41, 5.74) is 7.77. The lowest BCUT2D eigenvalue weighted by molar-refractivity contribution is 0.0601. The van der Waals surface area contributed by atoms with Gasteiger partial charge in [-0.3, -0.25) is 0 Å². The standard InChI is InChI=1S/C17H19NO3/c1-11(2)12-7-9-13(10-8-12)21-15-6-4-5-14(16(15)18)17(19)20-3/h4-11H,18H2,1-3H3. The van der Waals surface area contributed by atoms with E-state index in [0.717, 1.165) is 0 Å². The first-order valence-electron chi connectivity index (χ1n) is 6.77. The molecule has 2 aromatic carbocycles. The van der Waals surface area contributed by atoms with Gasteiger partial charge in [-0.25, -0.2) is 4.79 Å². The average Bonchev–Trinajstić information content (AvgIpc) is 2.49. The maximum atomic E-state index is 11.6. The number of ether oxygens (including phenoxy) is 2. The van der Waals surface area contributed by atoms with Crippen molar-refractivity contribution in [2.75, 3.05) is 12.8 Å². The van der Waals surface area contributed by atoms with E-state index in [4.69, 9.17) is 10.5 Å². The smallest absolute Gasteiger partial charge is 0.340 e. The number of anilines is 1. The number of esters is 1. The maximum absolute atomic E-state index is 11.6. The number of rotatable bonds is 4. The van der Waals surface area contributed by atoms with E-state index in [1.165, 1.54) is 12.7 Å². The van der Waals surface area contributed by atoms with Gasteiger partial charge >= 0.3 is 5.97 Å². The molecule has 110 valence electrons. The molecule has 0 aliphatic rings. The fourth-order valence-corrected chi connectivity index (χ4v) is 1.97. The minimum atomic E-state index is -0.479. The van der Waals surface area contributed by atoms with Crippen LogP contribution in [0, 0.1) is 0 Å². The van der Waals surface area contributed by atoms with Gasteiger partial charge in [-0.1, -0.05) is 32.0 Å².